The van der Waals surface area contributed by atoms with Crippen molar-refractivity contribution in [3.8, 4) is 0 Å². The molecule has 0 radical (unpaired) electrons. The Labute approximate surface area is 87.3 Å². The molecule has 2 heteroatoms. The summed E-state index contributed by atoms with van der Waals surface area (Å²) in [5.74, 6) is 0. The van der Waals surface area contributed by atoms with Gasteiger partial charge in [-0.15, -0.1) is 0 Å². The highest BCUT2D eigenvalue weighted by Gasteiger charge is 2.03. The second-order valence-electron chi connectivity index (χ2n) is 3.03. The molecule has 0 spiro atoms. The average molecular weight is 241 g/mol. The fourth-order valence-corrected chi connectivity index (χ4v) is 1.54. The summed E-state index contributed by atoms with van der Waals surface area (Å²) in [6.07, 6.45) is 3.16. The van der Waals surface area contributed by atoms with Crippen LogP contribution in [-0.4, -0.2) is 6.29 Å². The van der Waals surface area contributed by atoms with Crippen molar-refractivity contribution in [2.45, 2.75) is 24.6 Å². The molecule has 1 rings (SSSR count). The monoisotopic (exact) mass is 240 g/mol. The Kier molecular flexibility index (Phi) is 4.16. The van der Waals surface area contributed by atoms with Gasteiger partial charge < -0.3 is 4.79 Å². The van der Waals surface area contributed by atoms with Crippen LogP contribution in [0.25, 0.3) is 0 Å². The van der Waals surface area contributed by atoms with E-state index in [4.69, 9.17) is 0 Å². The van der Waals surface area contributed by atoms with Gasteiger partial charge in [-0.2, -0.15) is 0 Å². The molecule has 13 heavy (non-hydrogen) atoms. The van der Waals surface area contributed by atoms with Crippen molar-refractivity contribution in [2.24, 2.45) is 0 Å². The summed E-state index contributed by atoms with van der Waals surface area (Å²) in [7, 11) is 0. The Hall–Kier alpha value is -0.630. The zero-order valence-electron chi connectivity index (χ0n) is 7.66. The second kappa shape index (κ2) is 5.18. The van der Waals surface area contributed by atoms with Gasteiger partial charge in [0.15, 0.2) is 0 Å². The van der Waals surface area contributed by atoms with Crippen molar-refractivity contribution in [3.05, 3.63) is 35.4 Å². The zero-order valence-corrected chi connectivity index (χ0v) is 9.25. The third-order valence-electron chi connectivity index (χ3n) is 1.96. The summed E-state index contributed by atoms with van der Waals surface area (Å²) in [5.41, 5.74) is 2.35. The summed E-state index contributed by atoms with van der Waals surface area (Å²) in [6, 6.07) is 8.16. The Morgan fingerprint density at radius 1 is 1.38 bits per heavy atom. The van der Waals surface area contributed by atoms with Gasteiger partial charge in [-0.3, -0.25) is 0 Å². The lowest BCUT2D eigenvalue weighted by molar-refractivity contribution is -0.107. The molecule has 0 saturated carbocycles. The smallest absolute Gasteiger partial charge is 0.138 e. The van der Waals surface area contributed by atoms with Gasteiger partial charge in [-0.05, 0) is 17.5 Å². The normalized spacial score (nSPS) is 12.5. The van der Waals surface area contributed by atoms with Crippen LogP contribution in [0.15, 0.2) is 24.3 Å². The third kappa shape index (κ3) is 2.96. The molecule has 1 atom stereocenters. The van der Waals surface area contributed by atoms with E-state index in [0.717, 1.165) is 24.7 Å². The predicted octanol–water partition coefficient (Wildman–Crippen LogP) is 3.27. The summed E-state index contributed by atoms with van der Waals surface area (Å²) in [4.78, 5) is 10.3. The van der Waals surface area contributed by atoms with Crippen molar-refractivity contribution in [1.82, 2.24) is 0 Å². The molecule has 0 fully saturated rings. The predicted molar refractivity (Wildman–Crippen MR) is 58.2 cm³/mol. The summed E-state index contributed by atoms with van der Waals surface area (Å²) < 4.78 is 0. The van der Waals surface area contributed by atoms with Crippen LogP contribution in [0.2, 0.25) is 0 Å². The second-order valence-corrected chi connectivity index (χ2v) is 4.02. The summed E-state index contributed by atoms with van der Waals surface area (Å²) in [5, 5.41) is 0. The van der Waals surface area contributed by atoms with E-state index >= 15 is 0 Å². The van der Waals surface area contributed by atoms with Gasteiger partial charge >= 0.3 is 0 Å². The summed E-state index contributed by atoms with van der Waals surface area (Å²) >= 11 is 3.28. The molecule has 0 aliphatic heterocycles. The maximum Gasteiger partial charge on any atom is 0.138 e. The molecule has 0 bridgehead atoms. The van der Waals surface area contributed by atoms with E-state index < -0.39 is 0 Å². The first-order valence-corrected chi connectivity index (χ1v) is 5.37. The van der Waals surface area contributed by atoms with E-state index in [0.29, 0.717) is 0 Å². The van der Waals surface area contributed by atoms with Crippen molar-refractivity contribution in [2.75, 3.05) is 0 Å². The van der Waals surface area contributed by atoms with Crippen LogP contribution < -0.4 is 0 Å². The number of carbonyl (C=O) groups excluding carboxylic acids is 1. The molecular formula is C11H13BrO. The van der Waals surface area contributed by atoms with E-state index in [1.807, 2.05) is 12.1 Å². The maximum atomic E-state index is 10.5. The molecule has 0 aromatic heterocycles. The van der Waals surface area contributed by atoms with Gasteiger partial charge in [0.05, 0.1) is 4.83 Å². The molecule has 1 aromatic rings. The Morgan fingerprint density at radius 3 is 2.46 bits per heavy atom. The molecule has 0 aliphatic carbocycles. The minimum Gasteiger partial charge on any atom is -0.302 e. The molecule has 0 N–H and O–H groups in total. The quantitative estimate of drug-likeness (QED) is 0.584. The van der Waals surface area contributed by atoms with E-state index in [2.05, 4.69) is 35.0 Å². The van der Waals surface area contributed by atoms with Gasteiger partial charge in [0.1, 0.15) is 6.29 Å². The van der Waals surface area contributed by atoms with Gasteiger partial charge in [0.25, 0.3) is 0 Å². The lowest BCUT2D eigenvalue weighted by Gasteiger charge is -2.03. The lowest BCUT2D eigenvalue weighted by Crippen LogP contribution is -1.91. The molecular weight excluding hydrogens is 228 g/mol. The van der Waals surface area contributed by atoms with Crippen LogP contribution >= 0.6 is 15.9 Å². The fraction of sp³-hybridized carbons (Fsp3) is 0.364. The fourth-order valence-electron chi connectivity index (χ4n) is 1.24. The number of aldehydes is 1. The highest BCUT2D eigenvalue weighted by molar-refractivity contribution is 9.09. The number of hydrogen-bond donors (Lipinski definition) is 0. The van der Waals surface area contributed by atoms with E-state index in [1.165, 1.54) is 5.56 Å². The maximum absolute atomic E-state index is 10.5. The van der Waals surface area contributed by atoms with Crippen LogP contribution in [0.5, 0.6) is 0 Å². The zero-order chi connectivity index (χ0) is 9.68. The van der Waals surface area contributed by atoms with Crippen molar-refractivity contribution in [3.63, 3.8) is 0 Å². The van der Waals surface area contributed by atoms with Crippen molar-refractivity contribution < 1.29 is 4.79 Å². The number of halogens is 1. The Morgan fingerprint density at radius 2 is 2.00 bits per heavy atom. The van der Waals surface area contributed by atoms with Gasteiger partial charge in [-0.1, -0.05) is 53.5 Å². The molecule has 0 amide bonds. The van der Waals surface area contributed by atoms with Gasteiger partial charge in [0, 0.05) is 0 Å². The number of carbonyl (C=O) groups is 1. The number of hydrogen-bond acceptors (Lipinski definition) is 1. The van der Waals surface area contributed by atoms with Crippen LogP contribution in [0.4, 0.5) is 0 Å². The first-order chi connectivity index (χ1) is 6.27. The summed E-state index contributed by atoms with van der Waals surface area (Å²) in [6.45, 7) is 2.16. The largest absolute Gasteiger partial charge is 0.302 e. The molecule has 0 aliphatic rings. The van der Waals surface area contributed by atoms with Crippen LogP contribution in [0.3, 0.4) is 0 Å². The number of benzene rings is 1. The number of alkyl halides is 1. The van der Waals surface area contributed by atoms with Gasteiger partial charge in [-0.25, -0.2) is 0 Å². The average Bonchev–Trinajstić information content (AvgIpc) is 2.18. The van der Waals surface area contributed by atoms with Crippen LogP contribution in [0, 0.1) is 0 Å². The molecule has 0 heterocycles. The Balaban J connectivity index is 2.74. The highest BCUT2D eigenvalue weighted by atomic mass is 79.9. The van der Waals surface area contributed by atoms with Crippen molar-refractivity contribution in [1.29, 1.82) is 0 Å². The number of aryl methyl sites for hydroxylation is 1. The minimum atomic E-state index is -0.164. The minimum absolute atomic E-state index is 0.164. The highest BCUT2D eigenvalue weighted by Crippen LogP contribution is 2.20. The van der Waals surface area contributed by atoms with E-state index in [9.17, 15) is 4.79 Å². The Bertz CT molecular complexity index is 266. The van der Waals surface area contributed by atoms with E-state index in [-0.39, 0.29) is 4.83 Å². The number of rotatable bonds is 4. The van der Waals surface area contributed by atoms with Crippen LogP contribution in [-0.2, 0) is 11.2 Å². The SMILES string of the molecule is CCCc1ccc(C(Br)C=O)cc1. The van der Waals surface area contributed by atoms with E-state index in [1.54, 1.807) is 0 Å². The first-order valence-electron chi connectivity index (χ1n) is 4.46. The van der Waals surface area contributed by atoms with Gasteiger partial charge in [0.2, 0.25) is 0 Å². The molecule has 1 aromatic carbocycles. The third-order valence-corrected chi connectivity index (χ3v) is 2.70. The van der Waals surface area contributed by atoms with Crippen LogP contribution in [0.1, 0.15) is 29.3 Å². The first kappa shape index (κ1) is 10.5. The molecule has 0 saturated heterocycles. The van der Waals surface area contributed by atoms with Crippen molar-refractivity contribution >= 4 is 22.2 Å². The molecule has 1 unspecified atom stereocenters. The molecule has 70 valence electrons. The standard InChI is InChI=1S/C11H13BrO/c1-2-3-9-4-6-10(7-5-9)11(12)8-13/h4-8,11H,2-3H2,1H3. The molecule has 1 nitrogen and oxygen atoms in total. The topological polar surface area (TPSA) is 17.1 Å². The lowest BCUT2D eigenvalue weighted by atomic mass is 10.1.